The zero-order valence-electron chi connectivity index (χ0n) is 15.6. The largest absolute Gasteiger partial charge is 0.468 e. The van der Waals surface area contributed by atoms with Crippen LogP contribution in [-0.4, -0.2) is 42.7 Å². The second-order valence-corrected chi connectivity index (χ2v) is 7.72. The number of nitrogens with one attached hydrogen (secondary N) is 2. The number of benzene rings is 1. The highest BCUT2D eigenvalue weighted by atomic mass is 16.5. The number of aromatic nitrogens is 1. The third-order valence-electron chi connectivity index (χ3n) is 6.34. The van der Waals surface area contributed by atoms with Crippen LogP contribution >= 0.6 is 0 Å². The maximum Gasteiger partial charge on any atom is 0.319 e. The van der Waals surface area contributed by atoms with E-state index in [2.05, 4.69) is 10.3 Å². The lowest BCUT2D eigenvalue weighted by atomic mass is 9.59. The Hall–Kier alpha value is -2.47. The van der Waals surface area contributed by atoms with Gasteiger partial charge in [0.1, 0.15) is 17.5 Å². The fourth-order valence-corrected chi connectivity index (χ4v) is 5.20. The van der Waals surface area contributed by atoms with Crippen molar-refractivity contribution >= 4 is 28.9 Å². The number of esters is 1. The molecule has 2 N–H and O–H groups in total. The highest BCUT2D eigenvalue weighted by molar-refractivity contribution is 5.93. The number of ether oxygens (including phenoxy) is 1. The van der Waals surface area contributed by atoms with Crippen LogP contribution in [-0.2, 0) is 31.0 Å². The number of rotatable bonds is 3. The van der Waals surface area contributed by atoms with E-state index in [4.69, 9.17) is 4.74 Å². The molecule has 27 heavy (non-hydrogen) atoms. The number of carbonyl (C=O) groups excluding carboxylic acids is 3. The molecular weight excluding hydrogens is 344 g/mol. The van der Waals surface area contributed by atoms with Crippen LogP contribution in [0.2, 0.25) is 0 Å². The van der Waals surface area contributed by atoms with Gasteiger partial charge in [0.05, 0.1) is 7.11 Å². The Kier molecular flexibility index (Phi) is 4.38. The quantitative estimate of drug-likeness (QED) is 0.638. The summed E-state index contributed by atoms with van der Waals surface area (Å²) in [5, 5.41) is 4.53. The lowest BCUT2D eigenvalue weighted by Gasteiger charge is -2.46. The molecular formula is C21H24N2O4. The normalized spacial score (nSPS) is 30.1. The number of Topliss-reactive ketones (excluding diaryl/α,β-unsaturated/α-hetero) is 1. The number of methoxy groups -OCH3 is 1. The summed E-state index contributed by atoms with van der Waals surface area (Å²) in [6.07, 6.45) is 2.42. The molecule has 6 heteroatoms. The summed E-state index contributed by atoms with van der Waals surface area (Å²) in [4.78, 5) is 40.9. The van der Waals surface area contributed by atoms with E-state index in [9.17, 15) is 14.4 Å². The summed E-state index contributed by atoms with van der Waals surface area (Å²) < 4.78 is 5.25. The third kappa shape index (κ3) is 2.54. The monoisotopic (exact) mass is 368 g/mol. The van der Waals surface area contributed by atoms with Crippen molar-refractivity contribution in [3.05, 3.63) is 35.5 Å². The van der Waals surface area contributed by atoms with Gasteiger partial charge in [-0.25, -0.2) is 0 Å². The molecule has 142 valence electrons. The summed E-state index contributed by atoms with van der Waals surface area (Å²) in [6, 6.07) is 7.56. The minimum Gasteiger partial charge on any atom is -0.468 e. The van der Waals surface area contributed by atoms with E-state index < -0.39 is 23.3 Å². The van der Waals surface area contributed by atoms with Gasteiger partial charge in [0, 0.05) is 34.5 Å². The van der Waals surface area contributed by atoms with Crippen molar-refractivity contribution in [1.82, 2.24) is 10.3 Å². The van der Waals surface area contributed by atoms with E-state index in [0.29, 0.717) is 19.4 Å². The number of carbonyl (C=O) groups is 3. The minimum absolute atomic E-state index is 0.00751. The van der Waals surface area contributed by atoms with Gasteiger partial charge >= 0.3 is 5.97 Å². The minimum atomic E-state index is -1.08. The van der Waals surface area contributed by atoms with E-state index in [-0.39, 0.29) is 11.7 Å². The number of para-hydroxylation sites is 1. The second kappa shape index (κ2) is 6.60. The molecule has 2 aliphatic rings. The SMILES string of the molecule is COC(=O)[C@]12C[C@@H](C=O)C[C@H](C(C)=O)[C@H]1NCCc1c2[nH]c2ccccc12. The number of aromatic amines is 1. The smallest absolute Gasteiger partial charge is 0.319 e. The molecule has 0 radical (unpaired) electrons. The number of hydrogen-bond donors (Lipinski definition) is 2. The van der Waals surface area contributed by atoms with Crippen molar-refractivity contribution in [2.75, 3.05) is 13.7 Å². The van der Waals surface area contributed by atoms with Crippen LogP contribution in [0.1, 0.15) is 31.0 Å². The molecule has 4 rings (SSSR count). The van der Waals surface area contributed by atoms with Crippen LogP contribution in [0.3, 0.4) is 0 Å². The molecule has 0 amide bonds. The zero-order chi connectivity index (χ0) is 19.2. The van der Waals surface area contributed by atoms with Gasteiger partial charge in [-0.1, -0.05) is 18.2 Å². The van der Waals surface area contributed by atoms with E-state index in [1.165, 1.54) is 7.11 Å². The molecule has 0 unspecified atom stereocenters. The Balaban J connectivity index is 2.02. The Morgan fingerprint density at radius 2 is 2.07 bits per heavy atom. The summed E-state index contributed by atoms with van der Waals surface area (Å²) in [7, 11) is 1.37. The van der Waals surface area contributed by atoms with Gasteiger partial charge in [-0.15, -0.1) is 0 Å². The standard InChI is InChI=1S/C21H24N2O4/c1-12(25)16-9-13(11-24)10-21(20(26)27-2)18(16)22-8-7-15-14-5-3-4-6-17(14)23-19(15)21/h3-6,11,13,16,18,22-23H,7-10H2,1-2H3/t13-,16+,18+,21+/m0/s1. The molecule has 2 aromatic rings. The van der Waals surface area contributed by atoms with Gasteiger partial charge < -0.3 is 19.8 Å². The van der Waals surface area contributed by atoms with Crippen molar-refractivity contribution < 1.29 is 19.1 Å². The van der Waals surface area contributed by atoms with Gasteiger partial charge in [0.25, 0.3) is 0 Å². The van der Waals surface area contributed by atoms with Crippen LogP contribution in [0.4, 0.5) is 0 Å². The summed E-state index contributed by atoms with van der Waals surface area (Å²) >= 11 is 0. The summed E-state index contributed by atoms with van der Waals surface area (Å²) in [5.74, 6) is -1.18. The number of ketones is 1. The molecule has 0 saturated heterocycles. The van der Waals surface area contributed by atoms with Crippen molar-refractivity contribution in [1.29, 1.82) is 0 Å². The molecule has 1 fully saturated rings. The van der Waals surface area contributed by atoms with Crippen LogP contribution < -0.4 is 5.32 Å². The average molecular weight is 368 g/mol. The molecule has 1 aromatic carbocycles. The van der Waals surface area contributed by atoms with Crippen LogP contribution in [0.25, 0.3) is 10.9 Å². The zero-order valence-corrected chi connectivity index (χ0v) is 15.6. The molecule has 1 aliphatic carbocycles. The predicted molar refractivity (Wildman–Crippen MR) is 100 cm³/mol. The van der Waals surface area contributed by atoms with E-state index in [0.717, 1.165) is 34.9 Å². The van der Waals surface area contributed by atoms with Crippen molar-refractivity contribution in [3.8, 4) is 0 Å². The fourth-order valence-electron chi connectivity index (χ4n) is 5.20. The molecule has 4 atom stereocenters. The first-order valence-electron chi connectivity index (χ1n) is 9.40. The molecule has 1 saturated carbocycles. The van der Waals surface area contributed by atoms with Crippen molar-refractivity contribution in [3.63, 3.8) is 0 Å². The lowest BCUT2D eigenvalue weighted by Crippen LogP contribution is -2.62. The molecule has 0 spiro atoms. The maximum atomic E-state index is 13.2. The topological polar surface area (TPSA) is 88.3 Å². The van der Waals surface area contributed by atoms with E-state index in [1.807, 2.05) is 24.3 Å². The Morgan fingerprint density at radius 3 is 2.78 bits per heavy atom. The number of aldehydes is 1. The van der Waals surface area contributed by atoms with Gasteiger partial charge in [0.2, 0.25) is 0 Å². The summed E-state index contributed by atoms with van der Waals surface area (Å²) in [6.45, 7) is 2.20. The Morgan fingerprint density at radius 1 is 1.30 bits per heavy atom. The average Bonchev–Trinajstić information content (AvgIpc) is 2.97. The lowest BCUT2D eigenvalue weighted by molar-refractivity contribution is -0.153. The Bertz CT molecular complexity index is 918. The van der Waals surface area contributed by atoms with Crippen LogP contribution in [0.15, 0.2) is 24.3 Å². The Labute approximate surface area is 157 Å². The van der Waals surface area contributed by atoms with Crippen molar-refractivity contribution in [2.45, 2.75) is 37.6 Å². The van der Waals surface area contributed by atoms with Crippen LogP contribution in [0.5, 0.6) is 0 Å². The highest BCUT2D eigenvalue weighted by Gasteiger charge is 2.58. The first kappa shape index (κ1) is 17.9. The van der Waals surface area contributed by atoms with E-state index in [1.54, 1.807) is 6.92 Å². The van der Waals surface area contributed by atoms with Gasteiger partial charge in [-0.2, -0.15) is 0 Å². The number of H-pyrrole nitrogens is 1. The van der Waals surface area contributed by atoms with Gasteiger partial charge in [-0.3, -0.25) is 9.59 Å². The highest BCUT2D eigenvalue weighted by Crippen LogP contribution is 2.48. The fraction of sp³-hybridized carbons (Fsp3) is 0.476. The van der Waals surface area contributed by atoms with Gasteiger partial charge in [0.15, 0.2) is 0 Å². The molecule has 2 heterocycles. The van der Waals surface area contributed by atoms with E-state index >= 15 is 0 Å². The van der Waals surface area contributed by atoms with Gasteiger partial charge in [-0.05, 0) is 44.4 Å². The number of fused-ring (bicyclic) bond motifs is 5. The maximum absolute atomic E-state index is 13.2. The predicted octanol–water partition coefficient (Wildman–Crippen LogP) is 1.91. The first-order chi connectivity index (χ1) is 13.0. The van der Waals surface area contributed by atoms with Crippen molar-refractivity contribution in [2.24, 2.45) is 11.8 Å². The molecule has 0 bridgehead atoms. The number of hydrogen-bond acceptors (Lipinski definition) is 5. The second-order valence-electron chi connectivity index (χ2n) is 7.72. The molecule has 1 aromatic heterocycles. The summed E-state index contributed by atoms with van der Waals surface area (Å²) in [5.41, 5.74) is 1.74. The third-order valence-corrected chi connectivity index (χ3v) is 6.34. The van der Waals surface area contributed by atoms with Crippen LogP contribution in [0, 0.1) is 11.8 Å². The molecule has 6 nitrogen and oxygen atoms in total. The first-order valence-corrected chi connectivity index (χ1v) is 9.40. The molecule has 1 aliphatic heterocycles.